The second-order valence-electron chi connectivity index (χ2n) is 19.0. The normalized spacial score (nSPS) is 32.8. The van der Waals surface area contributed by atoms with Gasteiger partial charge in [0, 0.05) is 19.5 Å². The molecule has 0 aliphatic heterocycles. The van der Waals surface area contributed by atoms with E-state index in [1.54, 1.807) is 0 Å². The fraction of sp³-hybridized carbons (Fsp3) is 0.978. The highest BCUT2D eigenvalue weighted by Gasteiger charge is 2.60. The van der Waals surface area contributed by atoms with Crippen LogP contribution in [0, 0.1) is 46.3 Å². The third kappa shape index (κ3) is 11.9. The minimum absolute atomic E-state index is 0.0502. The first-order chi connectivity index (χ1) is 24.2. The van der Waals surface area contributed by atoms with Crippen LogP contribution in [0.15, 0.2) is 0 Å². The molecule has 0 spiro atoms. The SMILES string of the molecule is CCCCCCCCCCN(CCCCCCCCCC)CCNC(=O)CC[C@@H](C)[C@H]1CC[C@H]2[C@@H]3CCC4C[C@H](O)CC[C@]4(C)[C@H]3CC[C@]12C. The first-order valence-corrected chi connectivity index (χ1v) is 22.9. The monoisotopic (exact) mass is 699 g/mol. The Morgan fingerprint density at radius 3 is 1.88 bits per heavy atom. The van der Waals surface area contributed by atoms with Crippen molar-refractivity contribution in [2.45, 2.75) is 214 Å². The average molecular weight is 699 g/mol. The molecule has 9 atom stereocenters. The van der Waals surface area contributed by atoms with E-state index >= 15 is 0 Å². The largest absolute Gasteiger partial charge is 0.393 e. The highest BCUT2D eigenvalue weighted by atomic mass is 16.3. The average Bonchev–Trinajstić information content (AvgIpc) is 3.46. The Labute approximate surface area is 311 Å². The Hall–Kier alpha value is -0.610. The van der Waals surface area contributed by atoms with E-state index in [0.717, 1.165) is 61.9 Å². The summed E-state index contributed by atoms with van der Waals surface area (Å²) in [6.45, 7) is 16.6. The van der Waals surface area contributed by atoms with Crippen LogP contribution in [0.3, 0.4) is 0 Å². The predicted octanol–water partition coefficient (Wildman–Crippen LogP) is 12.1. The minimum Gasteiger partial charge on any atom is -0.393 e. The molecule has 2 N–H and O–H groups in total. The fourth-order valence-electron chi connectivity index (χ4n) is 12.5. The molecular formula is C46H86N2O2. The zero-order chi connectivity index (χ0) is 35.8. The molecule has 292 valence electrons. The molecule has 4 aliphatic rings. The molecule has 0 saturated heterocycles. The summed E-state index contributed by atoms with van der Waals surface area (Å²) in [6.07, 6.45) is 35.3. The van der Waals surface area contributed by atoms with Gasteiger partial charge in [-0.15, -0.1) is 0 Å². The van der Waals surface area contributed by atoms with Crippen LogP contribution in [0.5, 0.6) is 0 Å². The lowest BCUT2D eigenvalue weighted by Gasteiger charge is -2.61. The van der Waals surface area contributed by atoms with Crippen molar-refractivity contribution in [1.29, 1.82) is 0 Å². The van der Waals surface area contributed by atoms with Crippen molar-refractivity contribution in [2.75, 3.05) is 26.2 Å². The van der Waals surface area contributed by atoms with Gasteiger partial charge in [-0.2, -0.15) is 0 Å². The number of carbonyl (C=O) groups excluding carboxylic acids is 1. The molecule has 4 saturated carbocycles. The molecule has 4 nitrogen and oxygen atoms in total. The molecule has 0 radical (unpaired) electrons. The van der Waals surface area contributed by atoms with Gasteiger partial charge in [0.1, 0.15) is 0 Å². The van der Waals surface area contributed by atoms with Gasteiger partial charge in [0.15, 0.2) is 0 Å². The third-order valence-corrected chi connectivity index (χ3v) is 15.6. The van der Waals surface area contributed by atoms with Crippen molar-refractivity contribution in [2.24, 2.45) is 46.3 Å². The van der Waals surface area contributed by atoms with Gasteiger partial charge in [0.2, 0.25) is 5.91 Å². The zero-order valence-corrected chi connectivity index (χ0v) is 34.3. The van der Waals surface area contributed by atoms with Crippen molar-refractivity contribution in [3.05, 3.63) is 0 Å². The lowest BCUT2D eigenvalue weighted by Crippen LogP contribution is -2.54. The summed E-state index contributed by atoms with van der Waals surface area (Å²) in [5.41, 5.74) is 0.919. The second kappa shape index (κ2) is 21.9. The van der Waals surface area contributed by atoms with Crippen LogP contribution >= 0.6 is 0 Å². The number of hydrogen-bond donors (Lipinski definition) is 2. The van der Waals surface area contributed by atoms with Crippen LogP contribution in [0.4, 0.5) is 0 Å². The Morgan fingerprint density at radius 2 is 1.26 bits per heavy atom. The second-order valence-corrected chi connectivity index (χ2v) is 19.0. The maximum atomic E-state index is 13.2. The number of nitrogens with zero attached hydrogens (tertiary/aromatic N) is 1. The molecule has 0 aromatic carbocycles. The van der Waals surface area contributed by atoms with Crippen molar-refractivity contribution >= 4 is 5.91 Å². The maximum Gasteiger partial charge on any atom is 0.220 e. The Morgan fingerprint density at radius 1 is 0.700 bits per heavy atom. The van der Waals surface area contributed by atoms with Gasteiger partial charge in [0.05, 0.1) is 6.10 Å². The summed E-state index contributed by atoms with van der Waals surface area (Å²) in [5.74, 6) is 5.07. The summed E-state index contributed by atoms with van der Waals surface area (Å²) >= 11 is 0. The number of carbonyl (C=O) groups is 1. The molecular weight excluding hydrogens is 613 g/mol. The molecule has 1 unspecified atom stereocenters. The summed E-state index contributed by atoms with van der Waals surface area (Å²) in [5, 5.41) is 13.8. The molecule has 4 aliphatic carbocycles. The van der Waals surface area contributed by atoms with Gasteiger partial charge in [-0.25, -0.2) is 0 Å². The minimum atomic E-state index is -0.0502. The van der Waals surface area contributed by atoms with Crippen LogP contribution in [-0.2, 0) is 4.79 Å². The molecule has 4 heteroatoms. The number of rotatable bonds is 25. The van der Waals surface area contributed by atoms with E-state index in [1.165, 1.54) is 161 Å². The zero-order valence-electron chi connectivity index (χ0n) is 34.3. The summed E-state index contributed by atoms with van der Waals surface area (Å²) in [4.78, 5) is 15.8. The molecule has 0 aromatic rings. The number of fused-ring (bicyclic) bond motifs is 5. The van der Waals surface area contributed by atoms with Gasteiger partial charge >= 0.3 is 0 Å². The molecule has 4 fully saturated rings. The van der Waals surface area contributed by atoms with E-state index in [-0.39, 0.29) is 12.0 Å². The Bertz CT molecular complexity index is 919. The van der Waals surface area contributed by atoms with E-state index < -0.39 is 0 Å². The lowest BCUT2D eigenvalue weighted by molar-refractivity contribution is -0.129. The quantitative estimate of drug-likeness (QED) is 0.0933. The summed E-state index contributed by atoms with van der Waals surface area (Å²) < 4.78 is 0. The van der Waals surface area contributed by atoms with Crippen molar-refractivity contribution < 1.29 is 9.90 Å². The molecule has 0 bridgehead atoms. The highest BCUT2D eigenvalue weighted by molar-refractivity contribution is 5.75. The predicted molar refractivity (Wildman–Crippen MR) is 214 cm³/mol. The number of amides is 1. The Kier molecular flexibility index (Phi) is 18.5. The van der Waals surface area contributed by atoms with Crippen LogP contribution in [0.25, 0.3) is 0 Å². The lowest BCUT2D eigenvalue weighted by atomic mass is 9.44. The molecule has 50 heavy (non-hydrogen) atoms. The summed E-state index contributed by atoms with van der Waals surface area (Å²) in [7, 11) is 0. The first-order valence-electron chi connectivity index (χ1n) is 22.9. The Balaban J connectivity index is 1.16. The van der Waals surface area contributed by atoms with Crippen molar-refractivity contribution in [1.82, 2.24) is 10.2 Å². The van der Waals surface area contributed by atoms with Gasteiger partial charge in [-0.1, -0.05) is 125 Å². The first kappa shape index (κ1) is 42.1. The standard InChI is InChI=1S/C46H86N2O2/c1-6-8-10-12-14-16-18-20-33-48(34-21-19-17-15-13-11-9-7-2)35-32-47-44(50)27-22-37(3)41-25-26-42-40-24-23-38-36-39(49)28-30-45(38,4)43(40)29-31-46(41,42)5/h37-43,49H,6-36H2,1-5H3,(H,47,50)/t37-,38?,39-,40+,41-,42+,43+,45+,46-/m1/s1. The maximum absolute atomic E-state index is 13.2. The number of hydrogen-bond acceptors (Lipinski definition) is 3. The third-order valence-electron chi connectivity index (χ3n) is 15.6. The molecule has 4 rings (SSSR count). The number of nitrogens with one attached hydrogen (secondary N) is 1. The highest BCUT2D eigenvalue weighted by Crippen LogP contribution is 2.68. The smallest absolute Gasteiger partial charge is 0.220 e. The number of aliphatic hydroxyl groups is 1. The van der Waals surface area contributed by atoms with Gasteiger partial charge < -0.3 is 15.3 Å². The summed E-state index contributed by atoms with van der Waals surface area (Å²) in [6, 6.07) is 0. The van der Waals surface area contributed by atoms with E-state index in [9.17, 15) is 9.90 Å². The van der Waals surface area contributed by atoms with Gasteiger partial charge in [0.25, 0.3) is 0 Å². The van der Waals surface area contributed by atoms with Crippen LogP contribution in [-0.4, -0.2) is 48.2 Å². The van der Waals surface area contributed by atoms with Crippen LogP contribution in [0.1, 0.15) is 208 Å². The van der Waals surface area contributed by atoms with E-state index in [4.69, 9.17) is 0 Å². The van der Waals surface area contributed by atoms with E-state index in [1.807, 2.05) is 0 Å². The van der Waals surface area contributed by atoms with Crippen molar-refractivity contribution in [3.8, 4) is 0 Å². The van der Waals surface area contributed by atoms with Crippen molar-refractivity contribution in [3.63, 3.8) is 0 Å². The topological polar surface area (TPSA) is 52.6 Å². The van der Waals surface area contributed by atoms with E-state index in [0.29, 0.717) is 23.2 Å². The van der Waals surface area contributed by atoms with Crippen LogP contribution < -0.4 is 5.32 Å². The van der Waals surface area contributed by atoms with Gasteiger partial charge in [-0.05, 0) is 136 Å². The van der Waals surface area contributed by atoms with E-state index in [2.05, 4.69) is 44.8 Å². The van der Waals surface area contributed by atoms with Gasteiger partial charge in [-0.3, -0.25) is 4.79 Å². The molecule has 1 amide bonds. The molecule has 0 aromatic heterocycles. The number of unbranched alkanes of at least 4 members (excludes halogenated alkanes) is 14. The van der Waals surface area contributed by atoms with Crippen LogP contribution in [0.2, 0.25) is 0 Å². The number of aliphatic hydroxyl groups excluding tert-OH is 1. The molecule has 0 heterocycles. The fourth-order valence-corrected chi connectivity index (χ4v) is 12.5.